The molecule has 0 radical (unpaired) electrons. The third-order valence-electron chi connectivity index (χ3n) is 15.4. The highest BCUT2D eigenvalue weighted by Crippen LogP contribution is 2.49. The van der Waals surface area contributed by atoms with Gasteiger partial charge in [0, 0.05) is 19.8 Å². The van der Waals surface area contributed by atoms with E-state index in [2.05, 4.69) is 41.5 Å². The number of fused-ring (bicyclic) bond motifs is 2. The van der Waals surface area contributed by atoms with Crippen molar-refractivity contribution in [1.29, 1.82) is 0 Å². The number of methoxy groups -OCH3 is 1. The largest absolute Gasteiger partial charge is 0.497 e. The number of imide groups is 1. The van der Waals surface area contributed by atoms with Crippen molar-refractivity contribution in [3.05, 3.63) is 131 Å². The minimum atomic E-state index is -2.78. The molecule has 0 aromatic heterocycles. The number of rotatable bonds is 19. The third kappa shape index (κ3) is 11.3. The zero-order chi connectivity index (χ0) is 52.1. The zero-order valence-electron chi connectivity index (χ0n) is 43.9. The molecule has 16 heteroatoms. The van der Waals surface area contributed by atoms with Crippen LogP contribution >= 0.6 is 0 Å². The fourth-order valence-electron chi connectivity index (χ4n) is 12.0. The first-order chi connectivity index (χ1) is 35.7. The summed E-state index contributed by atoms with van der Waals surface area (Å²) in [5.41, 5.74) is 2.66. The standard InChI is InChI=1S/C58H73NO14Si/c1-36(2)74(37(3)4,38(5)6)73-52-50-47(35-66-58(72-50)30-18-11-19-31-58)70-57(53(52)67-39(7)60)71-49-46(34-64-32-40-20-12-9-13-21-40)69-56(68-43-28-26-42(63-8)27-29-43)48(51(49)65-33-41-22-14-10-15-23-41)59-54(61)44-24-16-17-25-45(44)55(59)62/h9-10,12-17,20-29,36-38,46-53,56-57H,11,18-19,30-35H2,1-8H3. The Hall–Kier alpha value is -5.01. The molecule has 1 spiro atoms. The van der Waals surface area contributed by atoms with Gasteiger partial charge in [0.15, 0.2) is 18.2 Å². The number of hydrogen-bond donors (Lipinski definition) is 0. The Kier molecular flexibility index (Phi) is 17.1. The summed E-state index contributed by atoms with van der Waals surface area (Å²) in [5, 5.41) is 0. The van der Waals surface area contributed by atoms with Crippen molar-refractivity contribution < 1.29 is 66.2 Å². The Morgan fingerprint density at radius 1 is 0.689 bits per heavy atom. The average Bonchev–Trinajstić information content (AvgIpc) is 3.65. The van der Waals surface area contributed by atoms with Crippen LogP contribution in [0.2, 0.25) is 16.6 Å². The molecule has 4 fully saturated rings. The highest BCUT2D eigenvalue weighted by Gasteiger charge is 2.62. The first-order valence-corrected chi connectivity index (χ1v) is 28.5. The molecule has 10 atom stereocenters. The molecule has 4 aromatic rings. The van der Waals surface area contributed by atoms with Crippen molar-refractivity contribution in [3.63, 3.8) is 0 Å². The molecule has 10 unspecified atom stereocenters. The second-order valence-electron chi connectivity index (χ2n) is 21.1. The van der Waals surface area contributed by atoms with Crippen molar-refractivity contribution in [2.75, 3.05) is 20.3 Å². The van der Waals surface area contributed by atoms with Crippen LogP contribution in [0.3, 0.4) is 0 Å². The molecule has 0 bridgehead atoms. The first kappa shape index (κ1) is 53.8. The van der Waals surface area contributed by atoms with Crippen LogP contribution in [0.5, 0.6) is 11.5 Å². The van der Waals surface area contributed by atoms with E-state index in [1.165, 1.54) is 11.8 Å². The van der Waals surface area contributed by atoms with Crippen molar-refractivity contribution in [2.24, 2.45) is 0 Å². The molecule has 4 heterocycles. The Labute approximate surface area is 436 Å². The van der Waals surface area contributed by atoms with Crippen LogP contribution in [-0.4, -0.2) is 118 Å². The van der Waals surface area contributed by atoms with Crippen molar-refractivity contribution in [1.82, 2.24) is 4.90 Å². The average molecular weight is 1040 g/mol. The van der Waals surface area contributed by atoms with Gasteiger partial charge in [0.1, 0.15) is 54.2 Å². The lowest BCUT2D eigenvalue weighted by molar-refractivity contribution is -0.405. The van der Waals surface area contributed by atoms with E-state index < -0.39 is 93.2 Å². The summed E-state index contributed by atoms with van der Waals surface area (Å²) in [4.78, 5) is 44.5. The van der Waals surface area contributed by atoms with Gasteiger partial charge in [-0.3, -0.25) is 19.3 Å². The van der Waals surface area contributed by atoms with Crippen LogP contribution in [0.25, 0.3) is 0 Å². The summed E-state index contributed by atoms with van der Waals surface area (Å²) in [7, 11) is -1.21. The van der Waals surface area contributed by atoms with Crippen LogP contribution in [0.15, 0.2) is 109 Å². The molecule has 4 aliphatic heterocycles. The van der Waals surface area contributed by atoms with E-state index >= 15 is 0 Å². The number of hydrogen-bond acceptors (Lipinski definition) is 14. The van der Waals surface area contributed by atoms with Gasteiger partial charge < -0.3 is 51.8 Å². The SMILES string of the molecule is COc1ccc(OC2OC(COCc3ccccc3)C(OC3OC4COC5(CCCCC5)OC4C(O[Si](C(C)C)(C(C)C)C(C)C)C3OC(C)=O)C(OCc3ccccc3)C2N2C(=O)c3ccccc3C2=O)cc1. The van der Waals surface area contributed by atoms with Gasteiger partial charge in [0.25, 0.3) is 11.8 Å². The maximum atomic E-state index is 14.8. The lowest BCUT2D eigenvalue weighted by atomic mass is 9.90. The molecule has 5 aliphatic rings. The lowest BCUT2D eigenvalue weighted by Gasteiger charge is -2.56. The quantitative estimate of drug-likeness (QED) is 0.0497. The first-order valence-electron chi connectivity index (χ1n) is 26.4. The molecule has 74 heavy (non-hydrogen) atoms. The summed E-state index contributed by atoms with van der Waals surface area (Å²) < 4.78 is 75.4. The third-order valence-corrected chi connectivity index (χ3v) is 21.5. The molecule has 2 amide bonds. The summed E-state index contributed by atoms with van der Waals surface area (Å²) in [5.74, 6) is -1.55. The molecule has 1 aliphatic carbocycles. The van der Waals surface area contributed by atoms with Gasteiger partial charge in [0.2, 0.25) is 14.6 Å². The van der Waals surface area contributed by atoms with Crippen molar-refractivity contribution >= 4 is 26.1 Å². The summed E-state index contributed by atoms with van der Waals surface area (Å²) >= 11 is 0. The molecule has 1 saturated carbocycles. The fourth-order valence-corrected chi connectivity index (χ4v) is 17.6. The van der Waals surface area contributed by atoms with Gasteiger partial charge >= 0.3 is 5.97 Å². The van der Waals surface area contributed by atoms with E-state index in [0.29, 0.717) is 24.3 Å². The summed E-state index contributed by atoms with van der Waals surface area (Å²) in [6.07, 6.45) is -5.14. The fraction of sp³-hybridized carbons (Fsp3) is 0.534. The van der Waals surface area contributed by atoms with Crippen LogP contribution in [0, 0.1) is 0 Å². The topological polar surface area (TPSA) is 156 Å². The van der Waals surface area contributed by atoms with E-state index in [0.717, 1.165) is 30.4 Å². The number of benzene rings is 4. The highest BCUT2D eigenvalue weighted by molar-refractivity contribution is 6.77. The number of esters is 1. The molecule has 0 N–H and O–H groups in total. The Morgan fingerprint density at radius 2 is 1.27 bits per heavy atom. The second-order valence-corrected chi connectivity index (χ2v) is 26.5. The van der Waals surface area contributed by atoms with Crippen LogP contribution < -0.4 is 9.47 Å². The molecule has 3 saturated heterocycles. The Morgan fingerprint density at radius 3 is 1.85 bits per heavy atom. The maximum absolute atomic E-state index is 14.8. The van der Waals surface area contributed by atoms with Gasteiger partial charge in [-0.1, -0.05) is 121 Å². The van der Waals surface area contributed by atoms with E-state index in [9.17, 15) is 14.4 Å². The van der Waals surface area contributed by atoms with E-state index in [4.69, 9.17) is 51.8 Å². The van der Waals surface area contributed by atoms with Crippen molar-refractivity contribution in [3.8, 4) is 11.5 Å². The number of carbonyl (C=O) groups excluding carboxylic acids is 3. The number of carbonyl (C=O) groups is 3. The lowest BCUT2D eigenvalue weighted by Crippen LogP contribution is -2.72. The van der Waals surface area contributed by atoms with E-state index in [1.54, 1.807) is 55.6 Å². The van der Waals surface area contributed by atoms with Gasteiger partial charge in [-0.05, 0) is 77.0 Å². The number of amides is 2. The van der Waals surface area contributed by atoms with Crippen LogP contribution in [0.4, 0.5) is 0 Å². The molecular formula is C58H73NO14Si. The Balaban J connectivity index is 1.18. The molecule has 9 rings (SSSR count). The second kappa shape index (κ2) is 23.5. The number of ether oxygens (including phenoxy) is 10. The van der Waals surface area contributed by atoms with Gasteiger partial charge in [-0.2, -0.15) is 0 Å². The smallest absolute Gasteiger partial charge is 0.303 e. The predicted octanol–water partition coefficient (Wildman–Crippen LogP) is 9.94. The maximum Gasteiger partial charge on any atom is 0.303 e. The van der Waals surface area contributed by atoms with Gasteiger partial charge in [-0.25, -0.2) is 0 Å². The normalized spacial score (nSPS) is 27.9. The number of nitrogens with zero attached hydrogens (tertiary/aromatic N) is 1. The summed E-state index contributed by atoms with van der Waals surface area (Å²) in [6, 6.07) is 31.7. The Bertz CT molecular complexity index is 2450. The zero-order valence-corrected chi connectivity index (χ0v) is 44.9. The predicted molar refractivity (Wildman–Crippen MR) is 276 cm³/mol. The molecule has 4 aromatic carbocycles. The van der Waals surface area contributed by atoms with Crippen LogP contribution in [0.1, 0.15) is 112 Å². The van der Waals surface area contributed by atoms with Crippen molar-refractivity contribution in [2.45, 2.75) is 178 Å². The van der Waals surface area contributed by atoms with Gasteiger partial charge in [0.05, 0.1) is 44.7 Å². The minimum absolute atomic E-state index is 0.0300. The molecule has 15 nitrogen and oxygen atoms in total. The molecule has 398 valence electrons. The van der Waals surface area contributed by atoms with Crippen LogP contribution in [-0.2, 0) is 60.3 Å². The molecular weight excluding hydrogens is 963 g/mol. The van der Waals surface area contributed by atoms with Gasteiger partial charge in [-0.15, -0.1) is 0 Å². The highest BCUT2D eigenvalue weighted by atomic mass is 28.4. The summed E-state index contributed by atoms with van der Waals surface area (Å²) in [6.45, 7) is 15.0. The van der Waals surface area contributed by atoms with E-state index in [-0.39, 0.29) is 54.2 Å². The minimum Gasteiger partial charge on any atom is -0.497 e. The van der Waals surface area contributed by atoms with E-state index in [1.807, 2.05) is 60.7 Å². The monoisotopic (exact) mass is 1040 g/mol.